The van der Waals surface area contributed by atoms with Gasteiger partial charge in [-0.25, -0.2) is 0 Å². The van der Waals surface area contributed by atoms with Gasteiger partial charge in [-0.05, 0) is 36.8 Å². The van der Waals surface area contributed by atoms with Gasteiger partial charge in [0.1, 0.15) is 5.69 Å². The minimum absolute atomic E-state index is 0.0143. The number of carbonyl (C=O) groups is 1. The van der Waals surface area contributed by atoms with Crippen LogP contribution in [0.3, 0.4) is 0 Å². The first-order valence-corrected chi connectivity index (χ1v) is 9.11. The van der Waals surface area contributed by atoms with E-state index in [1.807, 2.05) is 35.2 Å². The molecule has 3 rings (SSSR count). The molecule has 1 aliphatic heterocycles. The van der Waals surface area contributed by atoms with Crippen LogP contribution < -0.4 is 0 Å². The Morgan fingerprint density at radius 2 is 2.00 bits per heavy atom. The van der Waals surface area contributed by atoms with Crippen LogP contribution in [0.5, 0.6) is 0 Å². The molecule has 5 nitrogen and oxygen atoms in total. The molecule has 0 saturated carbocycles. The number of hydrogen-bond donors (Lipinski definition) is 1. The van der Waals surface area contributed by atoms with E-state index in [-0.39, 0.29) is 17.9 Å². The number of nitrogens with zero attached hydrogens (tertiary/aromatic N) is 2. The molecule has 1 saturated heterocycles. The van der Waals surface area contributed by atoms with E-state index in [0.717, 1.165) is 35.9 Å². The van der Waals surface area contributed by atoms with Gasteiger partial charge in [0.2, 0.25) is 0 Å². The molecule has 136 valence electrons. The van der Waals surface area contributed by atoms with Crippen molar-refractivity contribution in [3.63, 3.8) is 0 Å². The van der Waals surface area contributed by atoms with Gasteiger partial charge in [0, 0.05) is 44.3 Å². The van der Waals surface area contributed by atoms with E-state index >= 15 is 0 Å². The second-order valence-corrected chi connectivity index (χ2v) is 7.04. The Labute approximate surface area is 149 Å². The molecule has 2 aromatic rings. The van der Waals surface area contributed by atoms with Crippen molar-refractivity contribution >= 4 is 16.8 Å². The molecule has 0 atom stereocenters. The van der Waals surface area contributed by atoms with Gasteiger partial charge in [0.15, 0.2) is 0 Å². The summed E-state index contributed by atoms with van der Waals surface area (Å²) in [7, 11) is 1.68. The number of likely N-dealkylation sites (tertiary alicyclic amines) is 1. The number of carbonyl (C=O) groups excluding carboxylic acids is 1. The van der Waals surface area contributed by atoms with Gasteiger partial charge < -0.3 is 19.3 Å². The van der Waals surface area contributed by atoms with Crippen LogP contribution in [0.2, 0.25) is 0 Å². The summed E-state index contributed by atoms with van der Waals surface area (Å²) in [6, 6.07) is 10.1. The van der Waals surface area contributed by atoms with Crippen molar-refractivity contribution in [1.29, 1.82) is 0 Å². The van der Waals surface area contributed by atoms with Gasteiger partial charge in [-0.1, -0.05) is 25.1 Å². The maximum absolute atomic E-state index is 13.1. The average molecular weight is 344 g/mol. The van der Waals surface area contributed by atoms with E-state index in [0.29, 0.717) is 26.2 Å². The van der Waals surface area contributed by atoms with Gasteiger partial charge in [-0.2, -0.15) is 0 Å². The quantitative estimate of drug-likeness (QED) is 0.877. The molecule has 0 bridgehead atoms. The average Bonchev–Trinajstić information content (AvgIpc) is 3.04. The van der Waals surface area contributed by atoms with Crippen molar-refractivity contribution in [2.75, 3.05) is 33.4 Å². The Kier molecular flexibility index (Phi) is 5.45. The molecule has 1 amide bonds. The molecule has 5 heteroatoms. The Bertz CT molecular complexity index is 724. The molecule has 1 aromatic carbocycles. The summed E-state index contributed by atoms with van der Waals surface area (Å²) >= 11 is 0. The highest BCUT2D eigenvalue weighted by Crippen LogP contribution is 2.35. The molecule has 0 unspecified atom stereocenters. The summed E-state index contributed by atoms with van der Waals surface area (Å²) in [5.74, 6) is 0.0787. The third-order valence-corrected chi connectivity index (χ3v) is 5.75. The summed E-state index contributed by atoms with van der Waals surface area (Å²) < 4.78 is 7.29. The lowest BCUT2D eigenvalue weighted by Gasteiger charge is -2.40. The molecule has 1 N–H and O–H groups in total. The number of para-hydroxylation sites is 1. The normalized spacial score (nSPS) is 17.2. The number of fused-ring (bicyclic) bond motifs is 1. The lowest BCUT2D eigenvalue weighted by atomic mass is 9.77. The SMILES string of the molecule is CCC1(CO)CCN(C(=O)c2cc3ccccc3n2CCOC)CC1. The van der Waals surface area contributed by atoms with Crippen molar-refractivity contribution < 1.29 is 14.6 Å². The van der Waals surface area contributed by atoms with E-state index in [1.54, 1.807) is 7.11 Å². The van der Waals surface area contributed by atoms with Crippen LogP contribution in [0.4, 0.5) is 0 Å². The monoisotopic (exact) mass is 344 g/mol. The van der Waals surface area contributed by atoms with Gasteiger partial charge in [-0.3, -0.25) is 4.79 Å². The number of rotatable bonds is 6. The first-order valence-electron chi connectivity index (χ1n) is 9.11. The first kappa shape index (κ1) is 18.0. The number of aliphatic hydroxyl groups excluding tert-OH is 1. The number of aromatic nitrogens is 1. The lowest BCUT2D eigenvalue weighted by Crippen LogP contribution is -2.45. The first-order chi connectivity index (χ1) is 12.1. The fourth-order valence-corrected chi connectivity index (χ4v) is 3.78. The van der Waals surface area contributed by atoms with E-state index in [2.05, 4.69) is 11.5 Å². The minimum atomic E-state index is -0.0143. The van der Waals surface area contributed by atoms with Gasteiger partial charge in [-0.15, -0.1) is 0 Å². The second kappa shape index (κ2) is 7.58. The van der Waals surface area contributed by atoms with Crippen LogP contribution >= 0.6 is 0 Å². The second-order valence-electron chi connectivity index (χ2n) is 7.04. The Morgan fingerprint density at radius 3 is 2.64 bits per heavy atom. The Morgan fingerprint density at radius 1 is 1.28 bits per heavy atom. The summed E-state index contributed by atoms with van der Waals surface area (Å²) in [6.07, 6.45) is 2.69. The molecule has 1 fully saturated rings. The molecule has 0 aliphatic carbocycles. The topological polar surface area (TPSA) is 54.7 Å². The lowest BCUT2D eigenvalue weighted by molar-refractivity contribution is 0.0331. The van der Waals surface area contributed by atoms with Crippen LogP contribution in [-0.4, -0.2) is 53.9 Å². The highest BCUT2D eigenvalue weighted by molar-refractivity contribution is 5.98. The van der Waals surface area contributed by atoms with Crippen LogP contribution in [0.15, 0.2) is 30.3 Å². The molecule has 0 spiro atoms. The molecule has 25 heavy (non-hydrogen) atoms. The van der Waals surface area contributed by atoms with E-state index in [4.69, 9.17) is 4.74 Å². The predicted octanol–water partition coefficient (Wildman–Crippen LogP) is 2.91. The standard InChI is InChI=1S/C20H28N2O3/c1-3-20(15-23)8-10-21(11-9-20)19(24)18-14-16-6-4-5-7-17(16)22(18)12-13-25-2/h4-7,14,23H,3,8-13,15H2,1-2H3. The third kappa shape index (κ3) is 3.44. The van der Waals surface area contributed by atoms with Crippen molar-refractivity contribution in [2.45, 2.75) is 32.7 Å². The van der Waals surface area contributed by atoms with Crippen molar-refractivity contribution in [3.05, 3.63) is 36.0 Å². The summed E-state index contributed by atoms with van der Waals surface area (Å²) in [4.78, 5) is 15.1. The Balaban J connectivity index is 1.85. The molecule has 1 aromatic heterocycles. The number of hydrogen-bond acceptors (Lipinski definition) is 3. The molecule has 2 heterocycles. The smallest absolute Gasteiger partial charge is 0.270 e. The number of ether oxygens (including phenoxy) is 1. The molecular formula is C20H28N2O3. The number of piperidine rings is 1. The maximum Gasteiger partial charge on any atom is 0.270 e. The Hall–Kier alpha value is -1.85. The third-order valence-electron chi connectivity index (χ3n) is 5.75. The fraction of sp³-hybridized carbons (Fsp3) is 0.550. The van der Waals surface area contributed by atoms with Crippen LogP contribution in [0, 0.1) is 5.41 Å². The maximum atomic E-state index is 13.1. The predicted molar refractivity (Wildman–Crippen MR) is 98.8 cm³/mol. The van der Waals surface area contributed by atoms with Gasteiger partial charge in [0.25, 0.3) is 5.91 Å². The van der Waals surface area contributed by atoms with E-state index < -0.39 is 0 Å². The van der Waals surface area contributed by atoms with Crippen LogP contribution in [0.25, 0.3) is 10.9 Å². The molecule has 0 radical (unpaired) electrons. The highest BCUT2D eigenvalue weighted by atomic mass is 16.5. The summed E-state index contributed by atoms with van der Waals surface area (Å²) in [5, 5.41) is 10.8. The van der Waals surface area contributed by atoms with Gasteiger partial charge >= 0.3 is 0 Å². The summed E-state index contributed by atoms with van der Waals surface area (Å²) in [5.41, 5.74) is 1.78. The summed E-state index contributed by atoms with van der Waals surface area (Å²) in [6.45, 7) is 4.98. The molecular weight excluding hydrogens is 316 g/mol. The van der Waals surface area contributed by atoms with Crippen molar-refractivity contribution in [3.8, 4) is 0 Å². The number of aliphatic hydroxyl groups is 1. The number of benzene rings is 1. The zero-order chi connectivity index (χ0) is 17.9. The zero-order valence-electron chi connectivity index (χ0n) is 15.2. The zero-order valence-corrected chi connectivity index (χ0v) is 15.2. The van der Waals surface area contributed by atoms with E-state index in [9.17, 15) is 9.90 Å². The fourth-order valence-electron chi connectivity index (χ4n) is 3.78. The van der Waals surface area contributed by atoms with E-state index in [1.165, 1.54) is 0 Å². The van der Waals surface area contributed by atoms with Crippen LogP contribution in [0.1, 0.15) is 36.7 Å². The van der Waals surface area contributed by atoms with Gasteiger partial charge in [0.05, 0.1) is 6.61 Å². The number of methoxy groups -OCH3 is 1. The highest BCUT2D eigenvalue weighted by Gasteiger charge is 2.34. The van der Waals surface area contributed by atoms with Crippen molar-refractivity contribution in [2.24, 2.45) is 5.41 Å². The molecule has 1 aliphatic rings. The van der Waals surface area contributed by atoms with Crippen LogP contribution in [-0.2, 0) is 11.3 Å². The van der Waals surface area contributed by atoms with Crippen molar-refractivity contribution in [1.82, 2.24) is 9.47 Å². The minimum Gasteiger partial charge on any atom is -0.396 e. The number of amides is 1. The largest absolute Gasteiger partial charge is 0.396 e.